The molecule has 1 atom stereocenters. The van der Waals surface area contributed by atoms with Gasteiger partial charge in [-0.25, -0.2) is 0 Å². The van der Waals surface area contributed by atoms with Gasteiger partial charge in [0, 0.05) is 4.75 Å². The van der Waals surface area contributed by atoms with E-state index in [0.717, 1.165) is 19.3 Å². The smallest absolute Gasteiger partial charge is 0.321 e. The number of rotatable bonds is 6. The molecule has 1 fully saturated rings. The van der Waals surface area contributed by atoms with Gasteiger partial charge in [0.25, 0.3) is 0 Å². The van der Waals surface area contributed by atoms with E-state index < -0.39 is 22.3 Å². The Morgan fingerprint density at radius 2 is 2.00 bits per heavy atom. The number of amides is 1. The van der Waals surface area contributed by atoms with Crippen molar-refractivity contribution in [3.63, 3.8) is 0 Å². The Kier molecular flexibility index (Phi) is 6.05. The third-order valence-electron chi connectivity index (χ3n) is 3.89. The number of carboxylic acid groups (broad SMARTS) is 1. The van der Waals surface area contributed by atoms with Crippen LogP contribution < -0.4 is 11.1 Å². The molecule has 4 N–H and O–H groups in total. The number of carbonyl (C=O) groups excluding carboxylic acids is 1. The molecule has 0 aromatic carbocycles. The van der Waals surface area contributed by atoms with Gasteiger partial charge in [-0.05, 0) is 26.7 Å². The molecular weight excluding hydrogens is 290 g/mol. The van der Waals surface area contributed by atoms with Crippen molar-refractivity contribution in [2.75, 3.05) is 5.75 Å². The second kappa shape index (κ2) is 7.14. The summed E-state index contributed by atoms with van der Waals surface area (Å²) >= 11 is 1.19. The summed E-state index contributed by atoms with van der Waals surface area (Å²) in [6.07, 6.45) is 4.33. The molecular formula is C14H23N3O3S. The highest BCUT2D eigenvalue weighted by atomic mass is 32.2. The molecule has 0 spiro atoms. The van der Waals surface area contributed by atoms with Gasteiger partial charge in [0.05, 0.1) is 11.8 Å². The number of nitriles is 1. The number of thioether (sulfide) groups is 1. The van der Waals surface area contributed by atoms with E-state index in [1.165, 1.54) is 11.8 Å². The van der Waals surface area contributed by atoms with E-state index >= 15 is 0 Å². The van der Waals surface area contributed by atoms with Crippen molar-refractivity contribution < 1.29 is 14.7 Å². The van der Waals surface area contributed by atoms with Gasteiger partial charge in [-0.1, -0.05) is 19.3 Å². The summed E-state index contributed by atoms with van der Waals surface area (Å²) in [4.78, 5) is 23.0. The van der Waals surface area contributed by atoms with Gasteiger partial charge >= 0.3 is 5.97 Å². The first kappa shape index (κ1) is 17.8. The molecule has 118 valence electrons. The van der Waals surface area contributed by atoms with Crippen molar-refractivity contribution in [1.82, 2.24) is 5.32 Å². The van der Waals surface area contributed by atoms with Crippen LogP contribution in [0.1, 0.15) is 46.0 Å². The van der Waals surface area contributed by atoms with Crippen LogP contribution in [0.3, 0.4) is 0 Å². The lowest BCUT2D eigenvalue weighted by atomic mass is 9.83. The van der Waals surface area contributed by atoms with E-state index in [1.807, 2.05) is 0 Å². The van der Waals surface area contributed by atoms with Crippen molar-refractivity contribution in [2.24, 2.45) is 5.73 Å². The molecule has 0 radical (unpaired) electrons. The minimum absolute atomic E-state index is 0.0947. The largest absolute Gasteiger partial charge is 0.480 e. The zero-order valence-electron chi connectivity index (χ0n) is 12.5. The molecule has 7 heteroatoms. The van der Waals surface area contributed by atoms with Gasteiger partial charge in [-0.2, -0.15) is 5.26 Å². The molecule has 0 aromatic heterocycles. The molecule has 21 heavy (non-hydrogen) atoms. The first-order valence-corrected chi connectivity index (χ1v) is 8.06. The van der Waals surface area contributed by atoms with Crippen LogP contribution in [-0.4, -0.2) is 39.1 Å². The number of hydrogen-bond donors (Lipinski definition) is 3. The third-order valence-corrected chi connectivity index (χ3v) is 5.29. The summed E-state index contributed by atoms with van der Waals surface area (Å²) in [7, 11) is 0. The Bertz CT molecular complexity index is 439. The fourth-order valence-electron chi connectivity index (χ4n) is 2.36. The molecule has 1 aliphatic rings. The molecule has 6 nitrogen and oxygen atoms in total. The molecule has 0 unspecified atom stereocenters. The van der Waals surface area contributed by atoms with Gasteiger partial charge in [0.2, 0.25) is 5.91 Å². The fraction of sp³-hybridized carbons (Fsp3) is 0.786. The summed E-state index contributed by atoms with van der Waals surface area (Å²) in [6.45, 7) is 3.40. The molecule has 0 bridgehead atoms. The standard InChI is InChI=1S/C14H23N3O3S/c1-13(2,11(16)12(19)20)21-8-10(18)17-14(9-15)6-4-3-5-7-14/h11H,3-8,16H2,1-2H3,(H,17,18)(H,19,20)/t11-/m1/s1. The topological polar surface area (TPSA) is 116 Å². The predicted molar refractivity (Wildman–Crippen MR) is 81.7 cm³/mol. The lowest BCUT2D eigenvalue weighted by Gasteiger charge is -2.32. The molecule has 1 saturated carbocycles. The summed E-state index contributed by atoms with van der Waals surface area (Å²) in [6, 6.07) is 1.18. The van der Waals surface area contributed by atoms with Crippen LogP contribution >= 0.6 is 11.8 Å². The highest BCUT2D eigenvalue weighted by Crippen LogP contribution is 2.29. The zero-order valence-corrected chi connectivity index (χ0v) is 13.3. The van der Waals surface area contributed by atoms with Gasteiger partial charge < -0.3 is 16.2 Å². The number of nitrogens with one attached hydrogen (secondary N) is 1. The van der Waals surface area contributed by atoms with E-state index in [4.69, 9.17) is 10.8 Å². The second-order valence-corrected chi connectivity index (χ2v) is 7.64. The molecule has 1 aliphatic carbocycles. The number of carbonyl (C=O) groups is 2. The Morgan fingerprint density at radius 1 is 1.43 bits per heavy atom. The Balaban J connectivity index is 2.54. The second-order valence-electron chi connectivity index (χ2n) is 6.01. The molecule has 1 amide bonds. The highest BCUT2D eigenvalue weighted by molar-refractivity contribution is 8.01. The summed E-state index contributed by atoms with van der Waals surface area (Å²) in [5.41, 5.74) is 4.86. The van der Waals surface area contributed by atoms with Crippen LogP contribution in [0.2, 0.25) is 0 Å². The van der Waals surface area contributed by atoms with E-state index in [2.05, 4.69) is 11.4 Å². The van der Waals surface area contributed by atoms with E-state index in [0.29, 0.717) is 12.8 Å². The molecule has 0 heterocycles. The average molecular weight is 313 g/mol. The van der Waals surface area contributed by atoms with Gasteiger partial charge in [-0.3, -0.25) is 9.59 Å². The number of nitrogens with zero attached hydrogens (tertiary/aromatic N) is 1. The maximum atomic E-state index is 12.0. The lowest BCUT2D eigenvalue weighted by molar-refractivity contribution is -0.139. The van der Waals surface area contributed by atoms with Crippen LogP contribution in [0.25, 0.3) is 0 Å². The first-order chi connectivity index (χ1) is 9.72. The monoisotopic (exact) mass is 313 g/mol. The molecule has 0 saturated heterocycles. The van der Waals surface area contributed by atoms with Crippen LogP contribution in [0.5, 0.6) is 0 Å². The van der Waals surface area contributed by atoms with E-state index in [1.54, 1.807) is 13.8 Å². The quantitative estimate of drug-likeness (QED) is 0.679. The van der Waals surface area contributed by atoms with Crippen molar-refractivity contribution in [2.45, 2.75) is 62.3 Å². The van der Waals surface area contributed by atoms with Crippen molar-refractivity contribution in [1.29, 1.82) is 5.26 Å². The van der Waals surface area contributed by atoms with Crippen molar-refractivity contribution >= 4 is 23.6 Å². The van der Waals surface area contributed by atoms with Crippen LogP contribution in [0.4, 0.5) is 0 Å². The average Bonchev–Trinajstić information content (AvgIpc) is 2.45. The number of carboxylic acids is 1. The maximum absolute atomic E-state index is 12.0. The predicted octanol–water partition coefficient (Wildman–Crippen LogP) is 1.25. The minimum Gasteiger partial charge on any atom is -0.480 e. The van der Waals surface area contributed by atoms with Crippen LogP contribution in [-0.2, 0) is 9.59 Å². The van der Waals surface area contributed by atoms with Crippen molar-refractivity contribution in [3.8, 4) is 6.07 Å². The first-order valence-electron chi connectivity index (χ1n) is 7.07. The van der Waals surface area contributed by atoms with E-state index in [9.17, 15) is 14.9 Å². The zero-order chi connectivity index (χ0) is 16.1. The molecule has 0 aliphatic heterocycles. The third kappa shape index (κ3) is 4.90. The SMILES string of the molecule is CC(C)(SCC(=O)NC1(C#N)CCCCC1)[C@H](N)C(=O)O. The minimum atomic E-state index is -1.09. The fourth-order valence-corrected chi connectivity index (χ4v) is 3.22. The summed E-state index contributed by atoms with van der Waals surface area (Å²) < 4.78 is -0.754. The van der Waals surface area contributed by atoms with Crippen LogP contribution in [0, 0.1) is 11.3 Å². The summed E-state index contributed by atoms with van der Waals surface area (Å²) in [5.74, 6) is -1.24. The number of nitrogens with two attached hydrogens (primary N) is 1. The normalized spacial score (nSPS) is 19.3. The number of aliphatic carboxylic acids is 1. The van der Waals surface area contributed by atoms with Gasteiger partial charge in [0.15, 0.2) is 0 Å². The Labute approximate surface area is 129 Å². The highest BCUT2D eigenvalue weighted by Gasteiger charge is 2.36. The van der Waals surface area contributed by atoms with Gasteiger partial charge in [-0.15, -0.1) is 11.8 Å². The molecule has 0 aromatic rings. The lowest BCUT2D eigenvalue weighted by Crippen LogP contribution is -2.51. The van der Waals surface area contributed by atoms with Crippen LogP contribution in [0.15, 0.2) is 0 Å². The van der Waals surface area contributed by atoms with Gasteiger partial charge in [0.1, 0.15) is 11.6 Å². The maximum Gasteiger partial charge on any atom is 0.321 e. The Morgan fingerprint density at radius 3 is 2.48 bits per heavy atom. The Hall–Kier alpha value is -1.26. The number of hydrogen-bond acceptors (Lipinski definition) is 5. The van der Waals surface area contributed by atoms with E-state index in [-0.39, 0.29) is 11.7 Å². The summed E-state index contributed by atoms with van der Waals surface area (Å²) in [5, 5.41) is 21.1. The van der Waals surface area contributed by atoms with Crippen molar-refractivity contribution in [3.05, 3.63) is 0 Å². The molecule has 1 rings (SSSR count).